The Labute approximate surface area is 157 Å². The Morgan fingerprint density at radius 1 is 0.625 bits per heavy atom. The Bertz CT molecular complexity index is 812. The summed E-state index contributed by atoms with van der Waals surface area (Å²) in [7, 11) is 2.81. The van der Waals surface area contributed by atoms with E-state index in [1.165, 1.54) is 27.6 Å². The van der Waals surface area contributed by atoms with Gasteiger partial charge in [0.05, 0.1) is 0 Å². The fourth-order valence-corrected chi connectivity index (χ4v) is 2.95. The molecule has 4 aromatic carbocycles. The van der Waals surface area contributed by atoms with Crippen LogP contribution >= 0.6 is 9.24 Å². The molecular weight excluding hydrogens is 351 g/mol. The minimum absolute atomic E-state index is 0. The summed E-state index contributed by atoms with van der Waals surface area (Å²) in [6.45, 7) is 0. The van der Waals surface area contributed by atoms with Crippen molar-refractivity contribution in [2.45, 2.75) is 0 Å². The largest absolute Gasteiger partial charge is 0.748 e. The van der Waals surface area contributed by atoms with E-state index in [1.807, 2.05) is 30.3 Å². The Balaban J connectivity index is 0.000000300. The topological polar surface area (TPSA) is 0 Å². The molecule has 0 aromatic heterocycles. The minimum Gasteiger partial charge on any atom is -0.748 e. The van der Waals surface area contributed by atoms with E-state index in [2.05, 4.69) is 82.0 Å². The molecule has 0 saturated heterocycles. The average Bonchev–Trinajstić information content (AvgIpc) is 3.30. The standard InChI is InChI=1S/C17H14P.C5H5.Fe/c18-17-12-6-11-16(17)15-10-5-4-9-14(15)13-7-2-1-3-8-13;1-2-4-5-3-1;/h1-12H,18H2;1-5H;/q-1;-5;. The monoisotopic (exact) mass is 370 g/mol. The van der Waals surface area contributed by atoms with Crippen LogP contribution in [-0.4, -0.2) is 0 Å². The third-order valence-corrected chi connectivity index (χ3v) is 4.21. The van der Waals surface area contributed by atoms with Crippen LogP contribution in [0.15, 0.2) is 103 Å². The summed E-state index contributed by atoms with van der Waals surface area (Å²) in [5, 5.41) is 1.25. The maximum Gasteiger partial charge on any atom is 0 e. The molecule has 0 heterocycles. The van der Waals surface area contributed by atoms with Crippen molar-refractivity contribution in [3.63, 3.8) is 0 Å². The van der Waals surface area contributed by atoms with E-state index < -0.39 is 0 Å². The molecule has 0 N–H and O–H groups in total. The van der Waals surface area contributed by atoms with Gasteiger partial charge in [-0.3, -0.25) is 0 Å². The fourth-order valence-electron chi connectivity index (χ4n) is 2.59. The Morgan fingerprint density at radius 3 is 1.71 bits per heavy atom. The zero-order chi connectivity index (χ0) is 15.9. The van der Waals surface area contributed by atoms with Crippen LogP contribution in [0, 0.1) is 0 Å². The summed E-state index contributed by atoms with van der Waals surface area (Å²) in [4.78, 5) is 0. The van der Waals surface area contributed by atoms with Gasteiger partial charge in [-0.2, -0.15) is 21.4 Å². The summed E-state index contributed by atoms with van der Waals surface area (Å²) < 4.78 is 0. The first-order valence-electron chi connectivity index (χ1n) is 7.69. The molecule has 2 heteroatoms. The molecule has 0 aliphatic carbocycles. The molecule has 0 nitrogen and oxygen atoms in total. The van der Waals surface area contributed by atoms with Crippen molar-refractivity contribution in [3.8, 4) is 22.3 Å². The molecule has 0 amide bonds. The molecule has 0 aliphatic heterocycles. The summed E-state index contributed by atoms with van der Waals surface area (Å²) in [6.07, 6.45) is 0. The molecule has 0 radical (unpaired) electrons. The molecule has 1 atom stereocenters. The molecule has 0 aliphatic rings. The van der Waals surface area contributed by atoms with Crippen LogP contribution < -0.4 is 5.30 Å². The van der Waals surface area contributed by atoms with Crippen LogP contribution in [0.2, 0.25) is 0 Å². The summed E-state index contributed by atoms with van der Waals surface area (Å²) in [5.74, 6) is 0. The van der Waals surface area contributed by atoms with E-state index in [0.717, 1.165) is 0 Å². The van der Waals surface area contributed by atoms with Gasteiger partial charge >= 0.3 is 0 Å². The van der Waals surface area contributed by atoms with Gasteiger partial charge in [0.1, 0.15) is 0 Å². The van der Waals surface area contributed by atoms with Crippen LogP contribution in [0.5, 0.6) is 0 Å². The van der Waals surface area contributed by atoms with Crippen molar-refractivity contribution in [1.29, 1.82) is 0 Å². The molecule has 0 fully saturated rings. The summed E-state index contributed by atoms with van der Waals surface area (Å²) in [5.41, 5.74) is 5.13. The first-order chi connectivity index (χ1) is 11.4. The zero-order valence-electron chi connectivity index (χ0n) is 13.2. The Morgan fingerprint density at radius 2 is 1.17 bits per heavy atom. The molecule has 0 bridgehead atoms. The molecular formula is C22H19FeP-6. The predicted octanol–water partition coefficient (Wildman–Crippen LogP) is 5.64. The van der Waals surface area contributed by atoms with Crippen LogP contribution in [0.4, 0.5) is 0 Å². The van der Waals surface area contributed by atoms with Crippen LogP contribution in [0.1, 0.15) is 0 Å². The van der Waals surface area contributed by atoms with Crippen molar-refractivity contribution in [2.24, 2.45) is 0 Å². The van der Waals surface area contributed by atoms with Crippen LogP contribution in [-0.2, 0) is 17.1 Å². The van der Waals surface area contributed by atoms with E-state index >= 15 is 0 Å². The normalized spacial score (nSPS) is 9.54. The van der Waals surface area contributed by atoms with Gasteiger partial charge in [0.15, 0.2) is 0 Å². The van der Waals surface area contributed by atoms with Gasteiger partial charge in [-0.1, -0.05) is 65.7 Å². The van der Waals surface area contributed by atoms with Crippen molar-refractivity contribution in [1.82, 2.24) is 0 Å². The van der Waals surface area contributed by atoms with E-state index in [9.17, 15) is 0 Å². The summed E-state index contributed by atoms with van der Waals surface area (Å²) in [6, 6.07) is 35.5. The second-order valence-corrected chi connectivity index (χ2v) is 5.89. The van der Waals surface area contributed by atoms with Gasteiger partial charge < -0.3 is 30.3 Å². The minimum atomic E-state index is 0. The number of rotatable bonds is 2. The van der Waals surface area contributed by atoms with Crippen molar-refractivity contribution < 1.29 is 17.1 Å². The first kappa shape index (κ1) is 18.4. The second-order valence-electron chi connectivity index (χ2n) is 5.27. The quantitative estimate of drug-likeness (QED) is 0.243. The molecule has 0 saturated carbocycles. The third-order valence-electron chi connectivity index (χ3n) is 3.71. The summed E-state index contributed by atoms with van der Waals surface area (Å²) >= 11 is 0. The van der Waals surface area contributed by atoms with Gasteiger partial charge in [-0.25, -0.2) is 0 Å². The van der Waals surface area contributed by atoms with Gasteiger partial charge in [0.25, 0.3) is 0 Å². The number of hydrogen-bond donors (Lipinski definition) is 0. The predicted molar refractivity (Wildman–Crippen MR) is 104 cm³/mol. The van der Waals surface area contributed by atoms with Crippen molar-refractivity contribution >= 4 is 14.5 Å². The van der Waals surface area contributed by atoms with E-state index in [1.54, 1.807) is 0 Å². The van der Waals surface area contributed by atoms with E-state index in [-0.39, 0.29) is 17.1 Å². The first-order valence-corrected chi connectivity index (χ1v) is 8.26. The van der Waals surface area contributed by atoms with Gasteiger partial charge in [-0.05, 0) is 5.56 Å². The third kappa shape index (κ3) is 4.56. The number of hydrogen-bond acceptors (Lipinski definition) is 0. The zero-order valence-corrected chi connectivity index (χ0v) is 15.5. The maximum atomic E-state index is 2.81. The van der Waals surface area contributed by atoms with Gasteiger partial charge in [0, 0.05) is 17.1 Å². The molecule has 126 valence electrons. The molecule has 24 heavy (non-hydrogen) atoms. The molecule has 4 rings (SSSR count). The Kier molecular flexibility index (Phi) is 7.22. The van der Waals surface area contributed by atoms with Crippen molar-refractivity contribution in [2.75, 3.05) is 0 Å². The SMILES string of the molecule is P[c-]1cccc1-c1ccccc1-c1ccccc1.[Fe].[cH-]1[cH-][cH-][cH-][cH-]1. The number of benzene rings is 2. The average molecular weight is 370 g/mol. The van der Waals surface area contributed by atoms with E-state index in [4.69, 9.17) is 0 Å². The molecule has 4 aromatic rings. The van der Waals surface area contributed by atoms with Crippen molar-refractivity contribution in [3.05, 3.63) is 103 Å². The van der Waals surface area contributed by atoms with E-state index in [0.29, 0.717) is 0 Å². The second kappa shape index (κ2) is 9.40. The maximum absolute atomic E-state index is 2.81. The van der Waals surface area contributed by atoms with Gasteiger partial charge in [-0.15, -0.1) is 16.9 Å². The smallest absolute Gasteiger partial charge is 0 e. The van der Waals surface area contributed by atoms with Crippen LogP contribution in [0.25, 0.3) is 22.3 Å². The fraction of sp³-hybridized carbons (Fsp3) is 0. The molecule has 1 unspecified atom stereocenters. The van der Waals surface area contributed by atoms with Crippen LogP contribution in [0.3, 0.4) is 0 Å². The van der Waals surface area contributed by atoms with Gasteiger partial charge in [0.2, 0.25) is 0 Å². The molecule has 0 spiro atoms. The Hall–Kier alpha value is -1.91.